The molecule has 0 saturated carbocycles. The van der Waals surface area contributed by atoms with Gasteiger partial charge in [0.25, 0.3) is 5.70 Å². The molecule has 3 heteroatoms. The van der Waals surface area contributed by atoms with Crippen LogP contribution in [0.25, 0.3) is 0 Å². The van der Waals surface area contributed by atoms with Crippen LogP contribution in [0.4, 0.5) is 0 Å². The van der Waals surface area contributed by atoms with E-state index in [1.807, 2.05) is 18.2 Å². The van der Waals surface area contributed by atoms with Crippen LogP contribution < -0.4 is 0 Å². The minimum Gasteiger partial charge on any atom is -0.258 e. The fourth-order valence-electron chi connectivity index (χ4n) is 0.832. The second kappa shape index (κ2) is 4.28. The van der Waals surface area contributed by atoms with Crippen LogP contribution in [-0.4, -0.2) is 4.92 Å². The summed E-state index contributed by atoms with van der Waals surface area (Å²) in [5, 5.41) is 10.4. The molecule has 62 valence electrons. The zero-order valence-electron chi connectivity index (χ0n) is 6.51. The third kappa shape index (κ3) is 2.54. The van der Waals surface area contributed by atoms with E-state index in [1.54, 1.807) is 18.2 Å². The monoisotopic (exact) mass is 163 g/mol. The Labute approximate surface area is 70.5 Å². The summed E-state index contributed by atoms with van der Waals surface area (Å²) in [6.07, 6.45) is 12.7. The molecule has 0 aliphatic heterocycles. The Kier molecular flexibility index (Phi) is 3.02. The van der Waals surface area contributed by atoms with Gasteiger partial charge in [-0.25, -0.2) is 0 Å². The number of nitro groups is 1. The number of allylic oxidation sites excluding steroid dienone is 7. The molecule has 1 aliphatic carbocycles. The summed E-state index contributed by atoms with van der Waals surface area (Å²) < 4.78 is 0. The van der Waals surface area contributed by atoms with Gasteiger partial charge in [0.1, 0.15) is 0 Å². The lowest BCUT2D eigenvalue weighted by Crippen LogP contribution is -1.94. The van der Waals surface area contributed by atoms with Gasteiger partial charge in [0.2, 0.25) is 0 Å². The van der Waals surface area contributed by atoms with Gasteiger partial charge in [0.05, 0.1) is 4.92 Å². The topological polar surface area (TPSA) is 43.1 Å². The van der Waals surface area contributed by atoms with Crippen molar-refractivity contribution >= 4 is 0 Å². The van der Waals surface area contributed by atoms with Crippen molar-refractivity contribution in [2.75, 3.05) is 0 Å². The first-order chi connectivity index (χ1) is 5.80. The zero-order chi connectivity index (χ0) is 8.81. The predicted molar refractivity (Wildman–Crippen MR) is 47.1 cm³/mol. The van der Waals surface area contributed by atoms with Crippen LogP contribution in [0, 0.1) is 10.1 Å². The molecule has 1 aliphatic rings. The van der Waals surface area contributed by atoms with Crippen molar-refractivity contribution in [3.8, 4) is 0 Å². The van der Waals surface area contributed by atoms with Crippen molar-refractivity contribution in [3.63, 3.8) is 0 Å². The van der Waals surface area contributed by atoms with Crippen molar-refractivity contribution < 1.29 is 4.92 Å². The molecule has 0 bridgehead atoms. The molecule has 0 spiro atoms. The molecule has 0 heterocycles. The largest absolute Gasteiger partial charge is 0.265 e. The number of hydrogen-bond donors (Lipinski definition) is 0. The molecule has 0 aromatic rings. The maximum atomic E-state index is 10.4. The molecule has 0 amide bonds. The fraction of sp³-hybridized carbons (Fsp3) is 0.111. The van der Waals surface area contributed by atoms with Gasteiger partial charge in [0, 0.05) is 6.08 Å². The van der Waals surface area contributed by atoms with Crippen LogP contribution in [0.1, 0.15) is 6.42 Å². The Balaban J connectivity index is 2.84. The summed E-state index contributed by atoms with van der Waals surface area (Å²) in [5.41, 5.74) is 0.145. The van der Waals surface area contributed by atoms with Gasteiger partial charge in [0.15, 0.2) is 0 Å². The van der Waals surface area contributed by atoms with E-state index in [2.05, 4.69) is 0 Å². The van der Waals surface area contributed by atoms with E-state index in [9.17, 15) is 10.1 Å². The maximum absolute atomic E-state index is 10.4. The molecule has 0 aromatic heterocycles. The molecule has 0 aromatic carbocycles. The van der Waals surface area contributed by atoms with Crippen LogP contribution in [0.3, 0.4) is 0 Å². The van der Waals surface area contributed by atoms with Gasteiger partial charge in [-0.15, -0.1) is 0 Å². The molecule has 0 radical (unpaired) electrons. The van der Waals surface area contributed by atoms with Gasteiger partial charge >= 0.3 is 0 Å². The smallest absolute Gasteiger partial charge is 0.258 e. The molecule has 0 N–H and O–H groups in total. The van der Waals surface area contributed by atoms with E-state index in [-0.39, 0.29) is 10.6 Å². The van der Waals surface area contributed by atoms with Gasteiger partial charge in [-0.3, -0.25) is 10.1 Å². The molecule has 0 fully saturated rings. The highest BCUT2D eigenvalue weighted by Gasteiger charge is 2.02. The number of nitrogens with zero attached hydrogens (tertiary/aromatic N) is 1. The lowest BCUT2D eigenvalue weighted by atomic mass is 10.3. The summed E-state index contributed by atoms with van der Waals surface area (Å²) in [6.45, 7) is 0. The average Bonchev–Trinajstić information content (AvgIpc) is 2.15. The third-order valence-electron chi connectivity index (χ3n) is 1.41. The highest BCUT2D eigenvalue weighted by Crippen LogP contribution is 2.02. The fourth-order valence-corrected chi connectivity index (χ4v) is 0.832. The minimum atomic E-state index is -0.385. The van der Waals surface area contributed by atoms with Crippen LogP contribution in [-0.2, 0) is 0 Å². The van der Waals surface area contributed by atoms with Gasteiger partial charge in [-0.05, 0) is 12.5 Å². The molecule has 0 atom stereocenters. The highest BCUT2D eigenvalue weighted by molar-refractivity contribution is 5.21. The van der Waals surface area contributed by atoms with Gasteiger partial charge < -0.3 is 0 Å². The zero-order valence-corrected chi connectivity index (χ0v) is 6.51. The van der Waals surface area contributed by atoms with Crippen molar-refractivity contribution in [3.05, 3.63) is 58.3 Å². The standard InChI is InChI=1S/C9H9NO2/c11-10(12)9-7-5-3-1-2-4-6-8-9/h1-5,7-8H,6H2/b3-1-,4-2-,7-5+,9-8+. The molecule has 0 saturated heterocycles. The minimum absolute atomic E-state index is 0.145. The van der Waals surface area contributed by atoms with E-state index in [0.717, 1.165) is 0 Å². The first-order valence-electron chi connectivity index (χ1n) is 3.65. The normalized spacial score (nSPS) is 28.5. The summed E-state index contributed by atoms with van der Waals surface area (Å²) in [5.74, 6) is 0. The van der Waals surface area contributed by atoms with E-state index in [0.29, 0.717) is 6.42 Å². The Hall–Kier alpha value is -1.64. The van der Waals surface area contributed by atoms with Gasteiger partial charge in [-0.2, -0.15) is 0 Å². The SMILES string of the molecule is O=[N+]([O-])C1=C/C\C=C/C=C\C=C\1. The van der Waals surface area contributed by atoms with Gasteiger partial charge in [-0.1, -0.05) is 30.4 Å². The van der Waals surface area contributed by atoms with Crippen molar-refractivity contribution in [1.29, 1.82) is 0 Å². The Morgan fingerprint density at radius 2 is 2.00 bits per heavy atom. The first-order valence-corrected chi connectivity index (χ1v) is 3.65. The predicted octanol–water partition coefficient (Wildman–Crippen LogP) is 2.22. The second-order valence-corrected chi connectivity index (χ2v) is 2.29. The summed E-state index contributed by atoms with van der Waals surface area (Å²) >= 11 is 0. The highest BCUT2D eigenvalue weighted by atomic mass is 16.6. The van der Waals surface area contributed by atoms with E-state index >= 15 is 0 Å². The first kappa shape index (κ1) is 8.46. The quantitative estimate of drug-likeness (QED) is 0.439. The summed E-state index contributed by atoms with van der Waals surface area (Å²) in [4.78, 5) is 9.98. The van der Waals surface area contributed by atoms with Crippen molar-refractivity contribution in [2.24, 2.45) is 0 Å². The number of rotatable bonds is 1. The lowest BCUT2D eigenvalue weighted by molar-refractivity contribution is -0.419. The molecular weight excluding hydrogens is 154 g/mol. The second-order valence-electron chi connectivity index (χ2n) is 2.29. The Bertz CT molecular complexity index is 285. The van der Waals surface area contributed by atoms with Crippen molar-refractivity contribution in [1.82, 2.24) is 0 Å². The van der Waals surface area contributed by atoms with E-state index < -0.39 is 0 Å². The lowest BCUT2D eigenvalue weighted by Gasteiger charge is -1.87. The van der Waals surface area contributed by atoms with Crippen LogP contribution in [0.15, 0.2) is 48.2 Å². The molecule has 0 unspecified atom stereocenters. The Morgan fingerprint density at radius 1 is 1.25 bits per heavy atom. The average molecular weight is 163 g/mol. The summed E-state index contributed by atoms with van der Waals surface area (Å²) in [6, 6.07) is 0. The molecule has 12 heavy (non-hydrogen) atoms. The Morgan fingerprint density at radius 3 is 2.75 bits per heavy atom. The van der Waals surface area contributed by atoms with Crippen LogP contribution >= 0.6 is 0 Å². The third-order valence-corrected chi connectivity index (χ3v) is 1.41. The molecular formula is C9H9NO2. The van der Waals surface area contributed by atoms with E-state index in [1.165, 1.54) is 6.08 Å². The molecule has 1 rings (SSSR count). The van der Waals surface area contributed by atoms with E-state index in [4.69, 9.17) is 0 Å². The van der Waals surface area contributed by atoms with Crippen molar-refractivity contribution in [2.45, 2.75) is 6.42 Å². The molecule has 3 nitrogen and oxygen atoms in total. The number of hydrogen-bond acceptors (Lipinski definition) is 2. The summed E-state index contributed by atoms with van der Waals surface area (Å²) in [7, 11) is 0. The van der Waals surface area contributed by atoms with Crippen LogP contribution in [0.2, 0.25) is 0 Å². The maximum Gasteiger partial charge on any atom is 0.265 e. The van der Waals surface area contributed by atoms with Crippen LogP contribution in [0.5, 0.6) is 0 Å².